The first kappa shape index (κ1) is 9.08. The highest BCUT2D eigenvalue weighted by Gasteiger charge is 2.17. The van der Waals surface area contributed by atoms with Gasteiger partial charge in [-0.15, -0.1) is 0 Å². The average Bonchev–Trinajstić information content (AvgIpc) is 2.35. The largest absolute Gasteiger partial charge is 0.480 e. The van der Waals surface area contributed by atoms with Crippen molar-refractivity contribution in [2.75, 3.05) is 6.54 Å². The molecule has 1 aliphatic heterocycles. The van der Waals surface area contributed by atoms with Crippen molar-refractivity contribution >= 4 is 29.0 Å². The van der Waals surface area contributed by atoms with Gasteiger partial charge in [-0.25, -0.2) is 4.99 Å². The number of rotatable bonds is 3. The molecule has 1 rings (SSSR count). The van der Waals surface area contributed by atoms with Gasteiger partial charge in [0.2, 0.25) is 0 Å². The maximum Gasteiger partial charge on any atom is 0.320 e. The van der Waals surface area contributed by atoms with Crippen LogP contribution in [0.15, 0.2) is 4.99 Å². The summed E-state index contributed by atoms with van der Waals surface area (Å²) < 4.78 is 0. The molecule has 0 unspecified atom stereocenters. The lowest BCUT2D eigenvalue weighted by Gasteiger charge is -2.03. The summed E-state index contributed by atoms with van der Waals surface area (Å²) in [7, 11) is 0. The van der Waals surface area contributed by atoms with Crippen LogP contribution in [-0.4, -0.2) is 34.5 Å². The monoisotopic (exact) mass is 187 g/mol. The first-order chi connectivity index (χ1) is 5.59. The molecule has 0 aromatic carbocycles. The molecule has 0 aromatic heterocycles. The molecule has 0 amide bonds. The molecular weight excluding hydrogens is 178 g/mol. The van der Waals surface area contributed by atoms with E-state index in [-0.39, 0.29) is 6.42 Å². The van der Waals surface area contributed by atoms with Crippen molar-refractivity contribution in [1.29, 1.82) is 0 Å². The van der Waals surface area contributed by atoms with Gasteiger partial charge in [-0.05, 0) is 12.2 Å². The topological polar surface area (TPSA) is 87.7 Å². The molecule has 0 bridgehead atoms. The Bertz CT molecular complexity index is 251. The fraction of sp³-hybridized carbons (Fsp3) is 0.500. The molecule has 12 heavy (non-hydrogen) atoms. The van der Waals surface area contributed by atoms with Crippen molar-refractivity contribution in [2.45, 2.75) is 12.5 Å². The highest BCUT2D eigenvalue weighted by molar-refractivity contribution is 7.80. The Balaban J connectivity index is 2.47. The lowest BCUT2D eigenvalue weighted by molar-refractivity contribution is -0.138. The summed E-state index contributed by atoms with van der Waals surface area (Å²) in [6.07, 6.45) is 0.252. The number of aliphatic carboxylic acids is 1. The molecule has 66 valence electrons. The highest BCUT2D eigenvalue weighted by Crippen LogP contribution is 1.98. The van der Waals surface area contributed by atoms with Crippen molar-refractivity contribution in [3.8, 4) is 0 Å². The zero-order valence-corrected chi connectivity index (χ0v) is 7.10. The van der Waals surface area contributed by atoms with Gasteiger partial charge in [-0.3, -0.25) is 4.79 Å². The van der Waals surface area contributed by atoms with E-state index in [1.807, 2.05) is 0 Å². The molecule has 0 aromatic rings. The van der Waals surface area contributed by atoms with E-state index >= 15 is 0 Å². The van der Waals surface area contributed by atoms with Crippen LogP contribution < -0.4 is 11.1 Å². The van der Waals surface area contributed by atoms with E-state index in [0.717, 1.165) is 0 Å². The lowest BCUT2D eigenvalue weighted by Crippen LogP contribution is -2.33. The number of aliphatic imine (C=N–C) groups is 1. The predicted octanol–water partition coefficient (Wildman–Crippen LogP) is -0.883. The number of hydrogen-bond acceptors (Lipinski definition) is 3. The van der Waals surface area contributed by atoms with E-state index in [9.17, 15) is 4.79 Å². The Hall–Kier alpha value is -1.01. The zero-order chi connectivity index (χ0) is 9.14. The van der Waals surface area contributed by atoms with Crippen LogP contribution >= 0.6 is 12.2 Å². The molecule has 1 atom stereocenters. The fourth-order valence-corrected chi connectivity index (χ4v) is 1.06. The molecule has 0 fully saturated rings. The number of carboxylic acid groups (broad SMARTS) is 1. The molecular formula is C6H9N3O2S. The Labute approximate surface area is 74.7 Å². The third-order valence-electron chi connectivity index (χ3n) is 1.48. The summed E-state index contributed by atoms with van der Waals surface area (Å²) in [5.41, 5.74) is 5.99. The summed E-state index contributed by atoms with van der Waals surface area (Å²) in [5, 5.41) is 11.7. The van der Waals surface area contributed by atoms with Crippen LogP contribution in [0.25, 0.3) is 0 Å². The van der Waals surface area contributed by atoms with Crippen LogP contribution in [-0.2, 0) is 4.79 Å². The summed E-state index contributed by atoms with van der Waals surface area (Å²) in [6, 6.07) is -0.883. The molecule has 0 saturated carbocycles. The van der Waals surface area contributed by atoms with Gasteiger partial charge in [0.15, 0.2) is 5.11 Å². The van der Waals surface area contributed by atoms with E-state index in [1.54, 1.807) is 0 Å². The second-order valence-corrected chi connectivity index (χ2v) is 2.87. The molecule has 0 saturated heterocycles. The van der Waals surface area contributed by atoms with E-state index in [4.69, 9.17) is 23.1 Å². The standard InChI is InChI=1S/C6H9N3O2S/c7-4(5(10)11)1-3-2-8-6(12)9-3/h4H,1-2,7H2,(H,8,12)(H,10,11)/t4-/m0/s1. The predicted molar refractivity (Wildman–Crippen MR) is 48.3 cm³/mol. The third-order valence-corrected chi connectivity index (χ3v) is 1.71. The van der Waals surface area contributed by atoms with E-state index < -0.39 is 12.0 Å². The van der Waals surface area contributed by atoms with Crippen molar-refractivity contribution in [3.05, 3.63) is 0 Å². The Morgan fingerprint density at radius 2 is 2.58 bits per heavy atom. The number of thiocarbonyl (C=S) groups is 1. The second kappa shape index (κ2) is 3.59. The number of nitrogens with one attached hydrogen (secondary N) is 1. The first-order valence-electron chi connectivity index (χ1n) is 3.42. The number of carbonyl (C=O) groups is 1. The van der Waals surface area contributed by atoms with E-state index in [1.165, 1.54) is 0 Å². The molecule has 4 N–H and O–H groups in total. The maximum absolute atomic E-state index is 10.3. The summed E-state index contributed by atoms with van der Waals surface area (Å²) in [5.74, 6) is -1.02. The van der Waals surface area contributed by atoms with Gasteiger partial charge in [0.1, 0.15) is 6.04 Å². The molecule has 1 heterocycles. The van der Waals surface area contributed by atoms with Crippen LogP contribution in [0.3, 0.4) is 0 Å². The quantitative estimate of drug-likeness (QED) is 0.499. The third kappa shape index (κ3) is 2.24. The van der Waals surface area contributed by atoms with Crippen molar-refractivity contribution < 1.29 is 9.90 Å². The summed E-state index contributed by atoms with van der Waals surface area (Å²) in [6.45, 7) is 0.514. The molecule has 0 spiro atoms. The molecule has 6 heteroatoms. The Morgan fingerprint density at radius 3 is 3.00 bits per heavy atom. The fourth-order valence-electron chi connectivity index (χ4n) is 0.859. The SMILES string of the molecule is N[C@@H](CC1=NC(=S)NC1)C(=O)O. The summed E-state index contributed by atoms with van der Waals surface area (Å²) in [4.78, 5) is 14.2. The number of hydrogen-bond donors (Lipinski definition) is 3. The van der Waals surface area contributed by atoms with Crippen molar-refractivity contribution in [3.63, 3.8) is 0 Å². The van der Waals surface area contributed by atoms with Gasteiger partial charge in [-0.2, -0.15) is 0 Å². The number of nitrogens with zero attached hydrogens (tertiary/aromatic N) is 1. The average molecular weight is 187 g/mol. The lowest BCUT2D eigenvalue weighted by atomic mass is 10.1. The smallest absolute Gasteiger partial charge is 0.320 e. The van der Waals surface area contributed by atoms with Crippen molar-refractivity contribution in [1.82, 2.24) is 5.32 Å². The Morgan fingerprint density at radius 1 is 1.92 bits per heavy atom. The van der Waals surface area contributed by atoms with Crippen LogP contribution in [0.5, 0.6) is 0 Å². The number of nitrogens with two attached hydrogens (primary N) is 1. The van der Waals surface area contributed by atoms with Gasteiger partial charge in [0.25, 0.3) is 0 Å². The summed E-state index contributed by atoms with van der Waals surface area (Å²) >= 11 is 4.73. The van der Waals surface area contributed by atoms with Gasteiger partial charge in [0, 0.05) is 12.1 Å². The molecule has 0 aliphatic carbocycles. The van der Waals surface area contributed by atoms with Crippen LogP contribution in [0.2, 0.25) is 0 Å². The zero-order valence-electron chi connectivity index (χ0n) is 6.28. The van der Waals surface area contributed by atoms with Crippen LogP contribution in [0.4, 0.5) is 0 Å². The van der Waals surface area contributed by atoms with Crippen LogP contribution in [0, 0.1) is 0 Å². The highest BCUT2D eigenvalue weighted by atomic mass is 32.1. The minimum atomic E-state index is -1.02. The first-order valence-corrected chi connectivity index (χ1v) is 3.83. The second-order valence-electron chi connectivity index (χ2n) is 2.49. The van der Waals surface area contributed by atoms with Crippen LogP contribution in [0.1, 0.15) is 6.42 Å². The minimum Gasteiger partial charge on any atom is -0.480 e. The van der Waals surface area contributed by atoms with E-state index in [2.05, 4.69) is 10.3 Å². The molecule has 5 nitrogen and oxygen atoms in total. The Kier molecular flexibility index (Phi) is 2.72. The normalized spacial score (nSPS) is 18.4. The maximum atomic E-state index is 10.3. The van der Waals surface area contributed by atoms with Gasteiger partial charge >= 0.3 is 5.97 Å². The van der Waals surface area contributed by atoms with E-state index in [0.29, 0.717) is 17.4 Å². The van der Waals surface area contributed by atoms with Gasteiger partial charge < -0.3 is 16.2 Å². The van der Waals surface area contributed by atoms with Crippen molar-refractivity contribution in [2.24, 2.45) is 10.7 Å². The number of carboxylic acids is 1. The van der Waals surface area contributed by atoms with Gasteiger partial charge in [0.05, 0.1) is 6.54 Å². The minimum absolute atomic E-state index is 0.252. The van der Waals surface area contributed by atoms with Gasteiger partial charge in [-0.1, -0.05) is 0 Å². The molecule has 1 aliphatic rings. The molecule has 0 radical (unpaired) electrons.